The number of ether oxygens (including phenoxy) is 1. The second-order valence-electron chi connectivity index (χ2n) is 3.29. The fraction of sp³-hybridized carbons (Fsp3) is 0.455. The highest BCUT2D eigenvalue weighted by Gasteiger charge is 2.06. The zero-order valence-corrected chi connectivity index (χ0v) is 9.34. The second kappa shape index (κ2) is 5.23. The van der Waals surface area contributed by atoms with Gasteiger partial charge in [0.15, 0.2) is 0 Å². The fourth-order valence-electron chi connectivity index (χ4n) is 1.12. The number of hydrogen-bond donors (Lipinski definition) is 1. The zero-order chi connectivity index (χ0) is 10.6. The van der Waals surface area contributed by atoms with Crippen LogP contribution < -0.4 is 10.5 Å². The van der Waals surface area contributed by atoms with E-state index in [1.807, 2.05) is 25.1 Å². The molecule has 0 spiro atoms. The van der Waals surface area contributed by atoms with Gasteiger partial charge >= 0.3 is 0 Å². The third-order valence-corrected chi connectivity index (χ3v) is 2.38. The van der Waals surface area contributed by atoms with E-state index in [2.05, 4.69) is 6.92 Å². The van der Waals surface area contributed by atoms with E-state index in [-0.39, 0.29) is 6.10 Å². The molecule has 0 heterocycles. The van der Waals surface area contributed by atoms with E-state index in [0.29, 0.717) is 11.6 Å². The maximum Gasteiger partial charge on any atom is 0.124 e. The van der Waals surface area contributed by atoms with E-state index in [9.17, 15) is 0 Å². The predicted octanol–water partition coefficient (Wildman–Crippen LogP) is 2.98. The molecule has 0 aromatic heterocycles. The van der Waals surface area contributed by atoms with Gasteiger partial charge in [-0.25, -0.2) is 0 Å². The van der Waals surface area contributed by atoms with Gasteiger partial charge in [-0.3, -0.25) is 0 Å². The monoisotopic (exact) mass is 213 g/mol. The van der Waals surface area contributed by atoms with Crippen LogP contribution in [-0.2, 0) is 6.54 Å². The van der Waals surface area contributed by atoms with Gasteiger partial charge < -0.3 is 10.5 Å². The lowest BCUT2D eigenvalue weighted by Gasteiger charge is -2.15. The van der Waals surface area contributed by atoms with Gasteiger partial charge in [0.05, 0.1) is 6.10 Å². The molecular weight excluding hydrogens is 198 g/mol. The van der Waals surface area contributed by atoms with Crippen LogP contribution in [0.4, 0.5) is 0 Å². The summed E-state index contributed by atoms with van der Waals surface area (Å²) in [6.45, 7) is 4.57. The lowest BCUT2D eigenvalue weighted by molar-refractivity contribution is 0.215. The summed E-state index contributed by atoms with van der Waals surface area (Å²) in [6, 6.07) is 5.54. The first-order valence-corrected chi connectivity index (χ1v) is 5.20. The normalized spacial score (nSPS) is 12.6. The maximum absolute atomic E-state index is 5.85. The summed E-state index contributed by atoms with van der Waals surface area (Å²) >= 11 is 5.85. The first kappa shape index (κ1) is 11.3. The van der Waals surface area contributed by atoms with Crippen molar-refractivity contribution in [1.29, 1.82) is 0 Å². The third kappa shape index (κ3) is 2.89. The minimum absolute atomic E-state index is 0.210. The molecular formula is C11H16ClNO. The van der Waals surface area contributed by atoms with Crippen molar-refractivity contribution in [2.24, 2.45) is 5.73 Å². The van der Waals surface area contributed by atoms with Crippen LogP contribution in [0.2, 0.25) is 5.02 Å². The molecule has 78 valence electrons. The molecule has 0 aliphatic carbocycles. The van der Waals surface area contributed by atoms with Crippen LogP contribution in [0.15, 0.2) is 18.2 Å². The van der Waals surface area contributed by atoms with Crippen molar-refractivity contribution in [3.63, 3.8) is 0 Å². The smallest absolute Gasteiger partial charge is 0.124 e. The van der Waals surface area contributed by atoms with Crippen LogP contribution in [-0.4, -0.2) is 6.10 Å². The Morgan fingerprint density at radius 2 is 2.21 bits per heavy atom. The van der Waals surface area contributed by atoms with E-state index >= 15 is 0 Å². The van der Waals surface area contributed by atoms with Crippen molar-refractivity contribution in [2.45, 2.75) is 32.9 Å². The summed E-state index contributed by atoms with van der Waals surface area (Å²) in [4.78, 5) is 0. The third-order valence-electron chi connectivity index (χ3n) is 2.15. The van der Waals surface area contributed by atoms with E-state index in [1.165, 1.54) is 0 Å². The van der Waals surface area contributed by atoms with Gasteiger partial charge in [-0.2, -0.15) is 0 Å². The molecule has 2 N–H and O–H groups in total. The molecule has 0 saturated heterocycles. The standard InChI is InChI=1S/C11H16ClNO/c1-3-8(2)14-11-5-4-10(12)6-9(11)7-13/h4-6,8H,3,7,13H2,1-2H3. The lowest BCUT2D eigenvalue weighted by atomic mass is 10.2. The van der Waals surface area contributed by atoms with Crippen molar-refractivity contribution in [3.8, 4) is 5.75 Å². The SMILES string of the molecule is CCC(C)Oc1ccc(Cl)cc1CN. The summed E-state index contributed by atoms with van der Waals surface area (Å²) in [7, 11) is 0. The Morgan fingerprint density at radius 1 is 1.50 bits per heavy atom. The van der Waals surface area contributed by atoms with Crippen LogP contribution in [0.25, 0.3) is 0 Å². The average Bonchev–Trinajstić information content (AvgIpc) is 2.20. The predicted molar refractivity (Wildman–Crippen MR) is 59.7 cm³/mol. The highest BCUT2D eigenvalue weighted by atomic mass is 35.5. The molecule has 1 atom stereocenters. The van der Waals surface area contributed by atoms with Gasteiger partial charge in [-0.1, -0.05) is 18.5 Å². The number of halogens is 1. The quantitative estimate of drug-likeness (QED) is 0.835. The highest BCUT2D eigenvalue weighted by molar-refractivity contribution is 6.30. The van der Waals surface area contributed by atoms with E-state index in [0.717, 1.165) is 17.7 Å². The van der Waals surface area contributed by atoms with E-state index in [4.69, 9.17) is 22.1 Å². The first-order chi connectivity index (χ1) is 6.67. The van der Waals surface area contributed by atoms with E-state index < -0.39 is 0 Å². The van der Waals surface area contributed by atoms with Crippen LogP contribution in [0.3, 0.4) is 0 Å². The molecule has 1 aromatic rings. The molecule has 0 amide bonds. The van der Waals surface area contributed by atoms with Crippen LogP contribution in [0.1, 0.15) is 25.8 Å². The number of hydrogen-bond acceptors (Lipinski definition) is 2. The Morgan fingerprint density at radius 3 is 2.79 bits per heavy atom. The topological polar surface area (TPSA) is 35.2 Å². The number of benzene rings is 1. The molecule has 14 heavy (non-hydrogen) atoms. The first-order valence-electron chi connectivity index (χ1n) is 4.82. The Bertz CT molecular complexity index is 301. The summed E-state index contributed by atoms with van der Waals surface area (Å²) in [5.74, 6) is 0.839. The number of nitrogens with two attached hydrogens (primary N) is 1. The van der Waals surface area contributed by atoms with Crippen molar-refractivity contribution in [3.05, 3.63) is 28.8 Å². The van der Waals surface area contributed by atoms with Gasteiger partial charge in [0.2, 0.25) is 0 Å². The summed E-state index contributed by atoms with van der Waals surface area (Å²) < 4.78 is 5.70. The van der Waals surface area contributed by atoms with Crippen molar-refractivity contribution < 1.29 is 4.74 Å². The molecule has 0 saturated carbocycles. The lowest BCUT2D eigenvalue weighted by Crippen LogP contribution is -2.12. The second-order valence-corrected chi connectivity index (χ2v) is 3.73. The molecule has 0 fully saturated rings. The average molecular weight is 214 g/mol. The molecule has 0 aliphatic heterocycles. The summed E-state index contributed by atoms with van der Waals surface area (Å²) in [5.41, 5.74) is 6.55. The number of rotatable bonds is 4. The van der Waals surface area contributed by atoms with Gasteiger partial charge in [-0.05, 0) is 31.5 Å². The van der Waals surface area contributed by atoms with Gasteiger partial charge in [0.25, 0.3) is 0 Å². The largest absolute Gasteiger partial charge is 0.490 e. The molecule has 1 aromatic carbocycles. The minimum Gasteiger partial charge on any atom is -0.490 e. The summed E-state index contributed by atoms with van der Waals surface area (Å²) in [5, 5.41) is 0.696. The zero-order valence-electron chi connectivity index (χ0n) is 8.59. The maximum atomic E-state index is 5.85. The minimum atomic E-state index is 0.210. The molecule has 0 bridgehead atoms. The highest BCUT2D eigenvalue weighted by Crippen LogP contribution is 2.23. The van der Waals surface area contributed by atoms with Crippen LogP contribution in [0.5, 0.6) is 5.75 Å². The fourth-order valence-corrected chi connectivity index (χ4v) is 1.32. The Balaban J connectivity index is 2.85. The Labute approximate surface area is 90.0 Å². The molecule has 0 aliphatic rings. The van der Waals surface area contributed by atoms with Crippen molar-refractivity contribution in [1.82, 2.24) is 0 Å². The molecule has 0 radical (unpaired) electrons. The van der Waals surface area contributed by atoms with Gasteiger partial charge in [0.1, 0.15) is 5.75 Å². The van der Waals surface area contributed by atoms with Gasteiger partial charge in [-0.15, -0.1) is 0 Å². The Hall–Kier alpha value is -0.730. The van der Waals surface area contributed by atoms with E-state index in [1.54, 1.807) is 0 Å². The van der Waals surface area contributed by atoms with Gasteiger partial charge in [0, 0.05) is 17.1 Å². The molecule has 3 heteroatoms. The molecule has 2 nitrogen and oxygen atoms in total. The van der Waals surface area contributed by atoms with Crippen LogP contribution in [0, 0.1) is 0 Å². The Kier molecular flexibility index (Phi) is 4.23. The van der Waals surface area contributed by atoms with Crippen LogP contribution >= 0.6 is 11.6 Å². The molecule has 1 unspecified atom stereocenters. The van der Waals surface area contributed by atoms with Crippen molar-refractivity contribution in [2.75, 3.05) is 0 Å². The summed E-state index contributed by atoms with van der Waals surface area (Å²) in [6.07, 6.45) is 1.19. The molecule has 1 rings (SSSR count). The van der Waals surface area contributed by atoms with Crippen molar-refractivity contribution >= 4 is 11.6 Å².